The van der Waals surface area contributed by atoms with E-state index >= 15 is 0 Å². The summed E-state index contributed by atoms with van der Waals surface area (Å²) >= 11 is 0. The Labute approximate surface area is 105 Å². The van der Waals surface area contributed by atoms with Crippen LogP contribution in [0.4, 0.5) is 5.69 Å². The standard InChI is InChI=1S/C13H14N2O3/c14-9-10-6-7-12(8-13(10)15(16)17)18-11-4-2-1-3-5-11/h6-8,11H,1-5H2. The van der Waals surface area contributed by atoms with Crippen LogP contribution in [0.25, 0.3) is 0 Å². The number of ether oxygens (including phenoxy) is 1. The van der Waals surface area contributed by atoms with Crippen molar-refractivity contribution in [3.63, 3.8) is 0 Å². The van der Waals surface area contributed by atoms with Gasteiger partial charge in [0.2, 0.25) is 0 Å². The first kappa shape index (κ1) is 12.4. The van der Waals surface area contributed by atoms with E-state index < -0.39 is 4.92 Å². The van der Waals surface area contributed by atoms with Crippen LogP contribution in [-0.2, 0) is 0 Å². The van der Waals surface area contributed by atoms with Gasteiger partial charge in [-0.2, -0.15) is 5.26 Å². The number of rotatable bonds is 3. The maximum Gasteiger partial charge on any atom is 0.290 e. The first-order valence-electron chi connectivity index (χ1n) is 6.06. The van der Waals surface area contributed by atoms with Crippen molar-refractivity contribution in [2.24, 2.45) is 0 Å². The maximum atomic E-state index is 10.8. The molecule has 0 aromatic heterocycles. The van der Waals surface area contributed by atoms with Gasteiger partial charge in [0.1, 0.15) is 17.4 Å². The van der Waals surface area contributed by atoms with Gasteiger partial charge in [-0.3, -0.25) is 10.1 Å². The molecule has 1 aromatic rings. The summed E-state index contributed by atoms with van der Waals surface area (Å²) in [5, 5.41) is 19.6. The number of nitro groups is 1. The van der Waals surface area contributed by atoms with Crippen LogP contribution in [0.5, 0.6) is 5.75 Å². The topological polar surface area (TPSA) is 76.2 Å². The van der Waals surface area contributed by atoms with E-state index in [2.05, 4.69) is 0 Å². The lowest BCUT2D eigenvalue weighted by Gasteiger charge is -2.22. The Morgan fingerprint density at radius 3 is 2.67 bits per heavy atom. The highest BCUT2D eigenvalue weighted by Gasteiger charge is 2.18. The van der Waals surface area contributed by atoms with E-state index in [1.807, 2.05) is 6.07 Å². The zero-order valence-corrected chi connectivity index (χ0v) is 9.96. The summed E-state index contributed by atoms with van der Waals surface area (Å²) in [6.45, 7) is 0. The summed E-state index contributed by atoms with van der Waals surface area (Å²) in [6.07, 6.45) is 5.65. The Bertz CT molecular complexity index is 487. The fraction of sp³-hybridized carbons (Fsp3) is 0.462. The quantitative estimate of drug-likeness (QED) is 0.606. The van der Waals surface area contributed by atoms with Crippen LogP contribution < -0.4 is 4.74 Å². The first-order valence-corrected chi connectivity index (χ1v) is 6.06. The Hall–Kier alpha value is -2.09. The van der Waals surface area contributed by atoms with Gasteiger partial charge in [-0.25, -0.2) is 0 Å². The first-order chi connectivity index (χ1) is 8.70. The van der Waals surface area contributed by atoms with Crippen LogP contribution >= 0.6 is 0 Å². The molecule has 1 aromatic carbocycles. The van der Waals surface area contributed by atoms with Crippen molar-refractivity contribution >= 4 is 5.69 Å². The third kappa shape index (κ3) is 2.77. The van der Waals surface area contributed by atoms with E-state index in [-0.39, 0.29) is 17.4 Å². The lowest BCUT2D eigenvalue weighted by atomic mass is 9.98. The van der Waals surface area contributed by atoms with Gasteiger partial charge >= 0.3 is 0 Å². The monoisotopic (exact) mass is 246 g/mol. The molecule has 0 radical (unpaired) electrons. The van der Waals surface area contributed by atoms with Gasteiger partial charge < -0.3 is 4.74 Å². The summed E-state index contributed by atoms with van der Waals surface area (Å²) in [5.41, 5.74) is -0.123. The highest BCUT2D eigenvalue weighted by molar-refractivity contribution is 5.52. The van der Waals surface area contributed by atoms with Gasteiger partial charge in [-0.15, -0.1) is 0 Å². The fourth-order valence-corrected chi connectivity index (χ4v) is 2.21. The molecule has 94 valence electrons. The number of nitrogens with zero attached hydrogens (tertiary/aromatic N) is 2. The van der Waals surface area contributed by atoms with Crippen LogP contribution in [0, 0.1) is 21.4 Å². The van der Waals surface area contributed by atoms with E-state index in [1.54, 1.807) is 6.07 Å². The third-order valence-corrected chi connectivity index (χ3v) is 3.14. The molecule has 1 fully saturated rings. The van der Waals surface area contributed by atoms with Crippen molar-refractivity contribution in [2.45, 2.75) is 38.2 Å². The van der Waals surface area contributed by atoms with E-state index in [0.29, 0.717) is 5.75 Å². The van der Waals surface area contributed by atoms with Crippen molar-refractivity contribution < 1.29 is 9.66 Å². The van der Waals surface area contributed by atoms with Crippen LogP contribution in [0.2, 0.25) is 0 Å². The molecule has 0 atom stereocenters. The highest BCUT2D eigenvalue weighted by Crippen LogP contribution is 2.28. The molecule has 0 bridgehead atoms. The van der Waals surface area contributed by atoms with Gasteiger partial charge in [-0.1, -0.05) is 6.42 Å². The minimum Gasteiger partial charge on any atom is -0.490 e. The maximum absolute atomic E-state index is 10.8. The Morgan fingerprint density at radius 1 is 1.33 bits per heavy atom. The van der Waals surface area contributed by atoms with Gasteiger partial charge in [0.25, 0.3) is 5.69 Å². The van der Waals surface area contributed by atoms with Crippen molar-refractivity contribution in [3.8, 4) is 11.8 Å². The molecule has 1 aliphatic rings. The molecule has 0 spiro atoms. The van der Waals surface area contributed by atoms with Crippen molar-refractivity contribution in [1.29, 1.82) is 5.26 Å². The average Bonchev–Trinajstić information content (AvgIpc) is 2.40. The molecular formula is C13H14N2O3. The molecule has 0 saturated heterocycles. The second-order valence-corrected chi connectivity index (χ2v) is 4.43. The molecule has 1 saturated carbocycles. The summed E-state index contributed by atoms with van der Waals surface area (Å²) in [4.78, 5) is 10.3. The molecule has 0 heterocycles. The molecule has 2 rings (SSSR count). The van der Waals surface area contributed by atoms with E-state index in [0.717, 1.165) is 25.7 Å². The normalized spacial score (nSPS) is 15.9. The molecule has 0 N–H and O–H groups in total. The highest BCUT2D eigenvalue weighted by atomic mass is 16.6. The van der Waals surface area contributed by atoms with Crippen LogP contribution in [0.1, 0.15) is 37.7 Å². The molecule has 5 nitrogen and oxygen atoms in total. The molecule has 18 heavy (non-hydrogen) atoms. The third-order valence-electron chi connectivity index (χ3n) is 3.14. The van der Waals surface area contributed by atoms with E-state index in [9.17, 15) is 10.1 Å². The number of nitriles is 1. The van der Waals surface area contributed by atoms with E-state index in [1.165, 1.54) is 18.6 Å². The minimum atomic E-state index is -0.549. The largest absolute Gasteiger partial charge is 0.490 e. The Balaban J connectivity index is 2.16. The lowest BCUT2D eigenvalue weighted by Crippen LogP contribution is -2.19. The molecule has 0 aliphatic heterocycles. The molecule has 5 heteroatoms. The van der Waals surface area contributed by atoms with E-state index in [4.69, 9.17) is 10.00 Å². The van der Waals surface area contributed by atoms with Crippen molar-refractivity contribution in [3.05, 3.63) is 33.9 Å². The van der Waals surface area contributed by atoms with Crippen LogP contribution in [0.15, 0.2) is 18.2 Å². The molecule has 1 aliphatic carbocycles. The number of nitro benzene ring substituents is 1. The summed E-state index contributed by atoms with van der Waals surface area (Å²) in [6, 6.07) is 6.22. The summed E-state index contributed by atoms with van der Waals surface area (Å²) in [7, 11) is 0. The summed E-state index contributed by atoms with van der Waals surface area (Å²) < 4.78 is 5.73. The average molecular weight is 246 g/mol. The van der Waals surface area contributed by atoms with Crippen LogP contribution in [0.3, 0.4) is 0 Å². The SMILES string of the molecule is N#Cc1ccc(OC2CCCCC2)cc1[N+](=O)[O-]. The Kier molecular flexibility index (Phi) is 3.78. The minimum absolute atomic E-state index is 0.0657. The van der Waals surface area contributed by atoms with Gasteiger partial charge in [0.15, 0.2) is 0 Å². The fourth-order valence-electron chi connectivity index (χ4n) is 2.21. The van der Waals surface area contributed by atoms with Crippen molar-refractivity contribution in [1.82, 2.24) is 0 Å². The number of hydrogen-bond donors (Lipinski definition) is 0. The second-order valence-electron chi connectivity index (χ2n) is 4.43. The second kappa shape index (κ2) is 5.50. The molecule has 0 amide bonds. The zero-order chi connectivity index (χ0) is 13.0. The lowest BCUT2D eigenvalue weighted by molar-refractivity contribution is -0.385. The molecule has 0 unspecified atom stereocenters. The zero-order valence-electron chi connectivity index (χ0n) is 9.96. The van der Waals surface area contributed by atoms with Gasteiger partial charge in [-0.05, 0) is 37.8 Å². The molecular weight excluding hydrogens is 232 g/mol. The van der Waals surface area contributed by atoms with Gasteiger partial charge in [0.05, 0.1) is 17.1 Å². The van der Waals surface area contributed by atoms with Crippen molar-refractivity contribution in [2.75, 3.05) is 0 Å². The summed E-state index contributed by atoms with van der Waals surface area (Å²) in [5.74, 6) is 0.479. The number of benzene rings is 1. The van der Waals surface area contributed by atoms with Crippen LogP contribution in [-0.4, -0.2) is 11.0 Å². The predicted octanol–water partition coefficient (Wildman–Crippen LogP) is 3.18. The Morgan fingerprint density at radius 2 is 2.06 bits per heavy atom. The van der Waals surface area contributed by atoms with Gasteiger partial charge in [0, 0.05) is 0 Å². The predicted molar refractivity (Wildman–Crippen MR) is 65.3 cm³/mol. The number of hydrogen-bond acceptors (Lipinski definition) is 4. The smallest absolute Gasteiger partial charge is 0.290 e.